The number of likely N-dealkylation sites (N-methyl/N-ethyl adjacent to an activating group) is 1. The van der Waals surface area contributed by atoms with Gasteiger partial charge in [-0.1, -0.05) is 32.9 Å². The summed E-state index contributed by atoms with van der Waals surface area (Å²) in [7, 11) is 1.35. The van der Waals surface area contributed by atoms with Gasteiger partial charge in [-0.25, -0.2) is 4.79 Å². The third-order valence-electron chi connectivity index (χ3n) is 9.77. The smallest absolute Gasteiger partial charge is 0.408 e. The summed E-state index contributed by atoms with van der Waals surface area (Å²) in [6.45, 7) is 16.7. The van der Waals surface area contributed by atoms with E-state index in [4.69, 9.17) is 23.4 Å². The summed E-state index contributed by atoms with van der Waals surface area (Å²) in [5.74, 6) is -2.55. The monoisotopic (exact) mass is 794 g/mol. The molecule has 0 radical (unpaired) electrons. The first-order valence-corrected chi connectivity index (χ1v) is 21.0. The highest BCUT2D eigenvalue weighted by Crippen LogP contribution is 2.44. The van der Waals surface area contributed by atoms with Crippen molar-refractivity contribution >= 4 is 32.1 Å². The molecule has 2 heterocycles. The number of nitrogens with one attached hydrogen (secondary N) is 4. The number of carbonyl (C=O) groups excluding carboxylic acids is 4. The van der Waals surface area contributed by atoms with Crippen molar-refractivity contribution in [3.05, 3.63) is 70.8 Å². The fraction of sp³-hybridized carbons (Fsp3) is 0.450. The number of rotatable bonds is 7. The molecule has 5 rings (SSSR count). The van der Waals surface area contributed by atoms with E-state index >= 15 is 0 Å². The van der Waals surface area contributed by atoms with Crippen LogP contribution >= 0.6 is 0 Å². The van der Waals surface area contributed by atoms with Crippen LogP contribution in [0.15, 0.2) is 48.5 Å². The highest BCUT2D eigenvalue weighted by atomic mass is 28.4. The minimum Gasteiger partial charge on any atom is -0.508 e. The summed E-state index contributed by atoms with van der Waals surface area (Å²) in [6.07, 6.45) is -2.06. The van der Waals surface area contributed by atoms with Gasteiger partial charge in [0.2, 0.25) is 23.5 Å². The standard InChI is InChI=1S/C40H54N4O11Si/c1-21-26(45)17-23(19-28(21)51-9)31-36(48)42-30(35(47)41-8)24-18-27(46)34(52-10)29(20-24)53-25-15-13-22(14-16-25)33(55-56(11,12)40(5,6)7)32(37(49)43-31)44-38(50)54-39(2,3)4/h13-20,30-33,45-46H,1-12H3,(H,41,47)(H,42,48)(H,43,49)(H,44,50)/t30-,31+,32-,33-/m0/s1. The Morgan fingerprint density at radius 1 is 0.839 bits per heavy atom. The first kappa shape index (κ1) is 43.2. The zero-order chi connectivity index (χ0) is 41.9. The van der Waals surface area contributed by atoms with Crippen molar-refractivity contribution in [2.75, 3.05) is 21.3 Å². The maximum Gasteiger partial charge on any atom is 0.408 e. The Bertz CT molecular complexity index is 1960. The van der Waals surface area contributed by atoms with Gasteiger partial charge in [-0.3, -0.25) is 14.4 Å². The Balaban J connectivity index is 2.05. The molecule has 0 fully saturated rings. The SMILES string of the molecule is CNC(=O)[C@H]1NC(=O)[C@@H](c2cc(O)c(C)c(OC)c2)NC(=O)[C@@H](NC(=O)OC(C)(C)C)[C@@H](O[Si](C)(C)C(C)(C)C)c2ccc(cc2)Oc2cc1cc(O)c2OC. The highest BCUT2D eigenvalue weighted by Gasteiger charge is 2.44. The number of phenols is 2. The van der Waals surface area contributed by atoms with Crippen molar-refractivity contribution in [2.45, 2.75) is 96.4 Å². The molecule has 0 aromatic heterocycles. The molecule has 4 bridgehead atoms. The average Bonchev–Trinajstić information content (AvgIpc) is 3.10. The van der Waals surface area contributed by atoms with E-state index in [0.717, 1.165) is 0 Å². The quantitative estimate of drug-likeness (QED) is 0.154. The number of ether oxygens (including phenoxy) is 4. The number of fused-ring (bicyclic) bond motifs is 9. The second kappa shape index (κ2) is 16.7. The second-order valence-electron chi connectivity index (χ2n) is 16.0. The average molecular weight is 795 g/mol. The number of benzene rings is 3. The number of carbonyl (C=O) groups is 4. The zero-order valence-corrected chi connectivity index (χ0v) is 35.0. The van der Waals surface area contributed by atoms with E-state index in [9.17, 15) is 29.4 Å². The van der Waals surface area contributed by atoms with Crippen molar-refractivity contribution in [1.82, 2.24) is 21.3 Å². The Kier molecular flexibility index (Phi) is 12.9. The van der Waals surface area contributed by atoms with E-state index < -0.39 is 62.0 Å². The van der Waals surface area contributed by atoms with Gasteiger partial charge in [0.1, 0.15) is 41.0 Å². The molecule has 2 aliphatic rings. The number of hydrogen-bond donors (Lipinski definition) is 6. The predicted octanol–water partition coefficient (Wildman–Crippen LogP) is 5.95. The van der Waals surface area contributed by atoms with Crippen LogP contribution in [0.2, 0.25) is 18.1 Å². The van der Waals surface area contributed by atoms with Gasteiger partial charge in [0.25, 0.3) is 0 Å². The minimum atomic E-state index is -2.75. The van der Waals surface area contributed by atoms with Crippen LogP contribution in [0.5, 0.6) is 34.5 Å². The first-order chi connectivity index (χ1) is 26.0. The lowest BCUT2D eigenvalue weighted by molar-refractivity contribution is -0.133. The van der Waals surface area contributed by atoms with Crippen LogP contribution in [-0.4, -0.2) is 75.3 Å². The van der Waals surface area contributed by atoms with Crippen LogP contribution < -0.4 is 35.5 Å². The van der Waals surface area contributed by atoms with Gasteiger partial charge < -0.3 is 54.9 Å². The molecule has 0 spiro atoms. The zero-order valence-electron chi connectivity index (χ0n) is 34.0. The van der Waals surface area contributed by atoms with Gasteiger partial charge in [0, 0.05) is 12.6 Å². The molecule has 56 heavy (non-hydrogen) atoms. The lowest BCUT2D eigenvalue weighted by Gasteiger charge is -2.41. The van der Waals surface area contributed by atoms with Crippen molar-refractivity contribution in [2.24, 2.45) is 0 Å². The second-order valence-corrected chi connectivity index (χ2v) is 20.8. The summed E-state index contributed by atoms with van der Waals surface area (Å²) in [5, 5.41) is 32.3. The number of amides is 4. The van der Waals surface area contributed by atoms with E-state index in [-0.39, 0.29) is 50.7 Å². The number of aromatic hydroxyl groups is 2. The van der Waals surface area contributed by atoms with Crippen molar-refractivity contribution < 1.29 is 52.8 Å². The summed E-state index contributed by atoms with van der Waals surface area (Å²) >= 11 is 0. The molecule has 16 heteroatoms. The Labute approximate surface area is 328 Å². The van der Waals surface area contributed by atoms with Crippen molar-refractivity contribution in [3.63, 3.8) is 0 Å². The molecule has 6 N–H and O–H groups in total. The highest BCUT2D eigenvalue weighted by molar-refractivity contribution is 6.74. The van der Waals surface area contributed by atoms with E-state index in [1.165, 1.54) is 45.5 Å². The van der Waals surface area contributed by atoms with Crippen LogP contribution in [0.4, 0.5) is 4.79 Å². The number of alkyl carbamates (subject to hydrolysis) is 1. The Hall–Kier alpha value is -5.48. The molecule has 4 atom stereocenters. The van der Waals surface area contributed by atoms with Gasteiger partial charge in [-0.2, -0.15) is 0 Å². The topological polar surface area (TPSA) is 203 Å². The lowest BCUT2D eigenvalue weighted by Crippen LogP contribution is -2.56. The van der Waals surface area contributed by atoms with Gasteiger partial charge in [-0.15, -0.1) is 0 Å². The van der Waals surface area contributed by atoms with E-state index in [1.807, 2.05) is 33.9 Å². The van der Waals surface area contributed by atoms with Gasteiger partial charge in [-0.05, 0) is 98.9 Å². The van der Waals surface area contributed by atoms with E-state index in [0.29, 0.717) is 11.1 Å². The lowest BCUT2D eigenvalue weighted by atomic mass is 9.98. The molecule has 4 amide bonds. The fourth-order valence-electron chi connectivity index (χ4n) is 5.72. The molecule has 0 unspecified atom stereocenters. The molecule has 2 aliphatic heterocycles. The summed E-state index contributed by atoms with van der Waals surface area (Å²) in [4.78, 5) is 56.4. The molecule has 3 aromatic carbocycles. The molecule has 0 aliphatic carbocycles. The Morgan fingerprint density at radius 3 is 2.02 bits per heavy atom. The molecule has 0 saturated carbocycles. The normalized spacial score (nSPS) is 19.2. The molecular weight excluding hydrogens is 741 g/mol. The van der Waals surface area contributed by atoms with Gasteiger partial charge in [0.15, 0.2) is 19.8 Å². The van der Waals surface area contributed by atoms with Crippen molar-refractivity contribution in [3.8, 4) is 34.5 Å². The van der Waals surface area contributed by atoms with Gasteiger partial charge >= 0.3 is 6.09 Å². The third kappa shape index (κ3) is 9.84. The maximum absolute atomic E-state index is 14.9. The maximum atomic E-state index is 14.9. The van der Waals surface area contributed by atoms with Gasteiger partial charge in [0.05, 0.1) is 20.3 Å². The first-order valence-electron chi connectivity index (χ1n) is 18.1. The number of methoxy groups -OCH3 is 2. The van der Waals surface area contributed by atoms with Crippen LogP contribution in [0.1, 0.15) is 82.0 Å². The van der Waals surface area contributed by atoms with Crippen LogP contribution in [-0.2, 0) is 23.5 Å². The van der Waals surface area contributed by atoms with Crippen LogP contribution in [0.3, 0.4) is 0 Å². The number of phenolic OH excluding ortho intramolecular Hbond substituents is 2. The molecule has 3 aromatic rings. The predicted molar refractivity (Wildman–Crippen MR) is 211 cm³/mol. The fourth-order valence-corrected chi connectivity index (χ4v) is 6.98. The van der Waals surface area contributed by atoms with Crippen LogP contribution in [0, 0.1) is 6.92 Å². The third-order valence-corrected chi connectivity index (χ3v) is 14.2. The summed E-state index contributed by atoms with van der Waals surface area (Å²) in [6, 6.07) is 7.47. The van der Waals surface area contributed by atoms with E-state index in [1.54, 1.807) is 52.0 Å². The molecule has 304 valence electrons. The summed E-state index contributed by atoms with van der Waals surface area (Å²) in [5.41, 5.74) is 0.0975. The van der Waals surface area contributed by atoms with Crippen LogP contribution in [0.25, 0.3) is 0 Å². The summed E-state index contributed by atoms with van der Waals surface area (Å²) < 4.78 is 29.7. The largest absolute Gasteiger partial charge is 0.508 e. The van der Waals surface area contributed by atoms with E-state index in [2.05, 4.69) is 21.3 Å². The molecular formula is C40H54N4O11Si. The molecule has 15 nitrogen and oxygen atoms in total. The number of hydrogen-bond acceptors (Lipinski definition) is 11. The minimum absolute atomic E-state index is 0.0297. The molecule has 0 saturated heterocycles. The Morgan fingerprint density at radius 2 is 1.46 bits per heavy atom. The van der Waals surface area contributed by atoms with Crippen molar-refractivity contribution in [1.29, 1.82) is 0 Å².